The van der Waals surface area contributed by atoms with Crippen molar-refractivity contribution in [3.05, 3.63) is 53.8 Å². The van der Waals surface area contributed by atoms with Crippen LogP contribution >= 0.6 is 11.8 Å². The van der Waals surface area contributed by atoms with Gasteiger partial charge in [-0.15, -0.1) is 0 Å². The average molecular weight is 412 g/mol. The molecule has 1 saturated heterocycles. The number of nitrogens with zero attached hydrogens (tertiary/aromatic N) is 2. The van der Waals surface area contributed by atoms with E-state index in [4.69, 9.17) is 4.74 Å². The molecule has 1 aromatic heterocycles. The van der Waals surface area contributed by atoms with E-state index in [1.165, 1.54) is 23.9 Å². The third kappa shape index (κ3) is 4.92. The van der Waals surface area contributed by atoms with Crippen LogP contribution in [-0.2, 0) is 9.53 Å². The topological polar surface area (TPSA) is 64.1 Å². The maximum atomic E-state index is 13.3. The van der Waals surface area contributed by atoms with E-state index in [1.54, 1.807) is 12.1 Å². The first-order chi connectivity index (χ1) is 14.1. The van der Waals surface area contributed by atoms with Crippen LogP contribution < -0.4 is 5.32 Å². The van der Waals surface area contributed by atoms with Crippen LogP contribution in [0.3, 0.4) is 0 Å². The summed E-state index contributed by atoms with van der Waals surface area (Å²) in [6.07, 6.45) is 2.16. The molecule has 2 aromatic carbocycles. The van der Waals surface area contributed by atoms with Crippen molar-refractivity contribution in [2.24, 2.45) is 0 Å². The van der Waals surface area contributed by atoms with E-state index in [2.05, 4.69) is 15.3 Å². The summed E-state index contributed by atoms with van der Waals surface area (Å²) in [6.45, 7) is 3.32. The summed E-state index contributed by atoms with van der Waals surface area (Å²) in [5.74, 6) is 0.427. The summed E-state index contributed by atoms with van der Waals surface area (Å²) in [4.78, 5) is 21.6. The maximum Gasteiger partial charge on any atom is 0.230 e. The van der Waals surface area contributed by atoms with Crippen LogP contribution in [0.15, 0.2) is 47.5 Å². The third-order valence-corrected chi connectivity index (χ3v) is 5.80. The van der Waals surface area contributed by atoms with Crippen LogP contribution in [0.2, 0.25) is 0 Å². The van der Waals surface area contributed by atoms with E-state index in [0.717, 1.165) is 46.5 Å². The predicted molar refractivity (Wildman–Crippen MR) is 112 cm³/mol. The molecule has 1 fully saturated rings. The molecule has 0 unspecified atom stereocenters. The van der Waals surface area contributed by atoms with Gasteiger partial charge in [0, 0.05) is 24.1 Å². The number of rotatable bonds is 6. The summed E-state index contributed by atoms with van der Waals surface area (Å²) >= 11 is 1.38. The molecular weight excluding hydrogens is 389 g/mol. The Hall–Kier alpha value is -2.51. The standard InChI is InChI=1S/C22H22FN3O2S/c1-14-4-9-18-19(11-14)25-21(15-5-7-16(23)8-6-15)26-22(18)29-13-20(27)24-12-17-3-2-10-28-17/h4-9,11,17H,2-3,10,12-13H2,1H3,(H,24,27)/t17-/m0/s1. The highest BCUT2D eigenvalue weighted by Gasteiger charge is 2.17. The molecule has 1 atom stereocenters. The summed E-state index contributed by atoms with van der Waals surface area (Å²) in [7, 11) is 0. The lowest BCUT2D eigenvalue weighted by Gasteiger charge is -2.12. The number of benzene rings is 2. The second-order valence-electron chi connectivity index (χ2n) is 7.11. The zero-order valence-electron chi connectivity index (χ0n) is 16.2. The van der Waals surface area contributed by atoms with Crippen molar-refractivity contribution >= 4 is 28.6 Å². The smallest absolute Gasteiger partial charge is 0.230 e. The van der Waals surface area contributed by atoms with Crippen LogP contribution in [0, 0.1) is 12.7 Å². The summed E-state index contributed by atoms with van der Waals surface area (Å²) in [6, 6.07) is 12.1. The van der Waals surface area contributed by atoms with Crippen molar-refractivity contribution < 1.29 is 13.9 Å². The molecule has 5 nitrogen and oxygen atoms in total. The van der Waals surface area contributed by atoms with Crippen LogP contribution in [0.5, 0.6) is 0 Å². The van der Waals surface area contributed by atoms with Crippen molar-refractivity contribution in [2.45, 2.75) is 30.9 Å². The first kappa shape index (κ1) is 19.8. The van der Waals surface area contributed by atoms with Crippen LogP contribution in [-0.4, -0.2) is 40.9 Å². The van der Waals surface area contributed by atoms with Crippen molar-refractivity contribution in [3.8, 4) is 11.4 Å². The van der Waals surface area contributed by atoms with E-state index in [9.17, 15) is 9.18 Å². The number of halogens is 1. The Morgan fingerprint density at radius 1 is 1.24 bits per heavy atom. The SMILES string of the molecule is Cc1ccc2c(SCC(=O)NC[C@@H]3CCCO3)nc(-c3ccc(F)cc3)nc2c1. The van der Waals surface area contributed by atoms with E-state index in [-0.39, 0.29) is 23.6 Å². The van der Waals surface area contributed by atoms with Crippen molar-refractivity contribution in [3.63, 3.8) is 0 Å². The fourth-order valence-electron chi connectivity index (χ4n) is 3.27. The van der Waals surface area contributed by atoms with E-state index in [0.29, 0.717) is 12.4 Å². The minimum atomic E-state index is -0.303. The van der Waals surface area contributed by atoms with Gasteiger partial charge in [0.2, 0.25) is 5.91 Å². The molecule has 0 spiro atoms. The van der Waals surface area contributed by atoms with Crippen molar-refractivity contribution in [2.75, 3.05) is 18.9 Å². The molecular formula is C22H22FN3O2S. The molecule has 29 heavy (non-hydrogen) atoms. The summed E-state index contributed by atoms with van der Waals surface area (Å²) < 4.78 is 18.8. The predicted octanol–water partition coefficient (Wildman–Crippen LogP) is 4.13. The van der Waals surface area contributed by atoms with Crippen LogP contribution in [0.25, 0.3) is 22.3 Å². The first-order valence-electron chi connectivity index (χ1n) is 9.64. The molecule has 1 N–H and O–H groups in total. The molecule has 1 amide bonds. The van der Waals surface area contributed by atoms with Crippen LogP contribution in [0.4, 0.5) is 4.39 Å². The molecule has 4 rings (SSSR count). The van der Waals surface area contributed by atoms with Gasteiger partial charge in [-0.2, -0.15) is 0 Å². The monoisotopic (exact) mass is 411 g/mol. The Morgan fingerprint density at radius 2 is 2.07 bits per heavy atom. The number of nitrogens with one attached hydrogen (secondary N) is 1. The lowest BCUT2D eigenvalue weighted by Crippen LogP contribution is -2.32. The van der Waals surface area contributed by atoms with Gasteiger partial charge < -0.3 is 10.1 Å². The molecule has 2 heterocycles. The van der Waals surface area contributed by atoms with Gasteiger partial charge in [-0.05, 0) is 61.7 Å². The molecule has 0 bridgehead atoms. The van der Waals surface area contributed by atoms with E-state index < -0.39 is 0 Å². The van der Waals surface area contributed by atoms with Crippen molar-refractivity contribution in [1.82, 2.24) is 15.3 Å². The second-order valence-corrected chi connectivity index (χ2v) is 8.07. The Balaban J connectivity index is 1.55. The number of thioether (sulfide) groups is 1. The number of ether oxygens (including phenoxy) is 1. The number of aryl methyl sites for hydroxylation is 1. The zero-order chi connectivity index (χ0) is 20.2. The maximum absolute atomic E-state index is 13.3. The zero-order valence-corrected chi connectivity index (χ0v) is 17.0. The number of carbonyl (C=O) groups is 1. The highest BCUT2D eigenvalue weighted by Crippen LogP contribution is 2.29. The van der Waals surface area contributed by atoms with Gasteiger partial charge in [0.1, 0.15) is 10.8 Å². The lowest BCUT2D eigenvalue weighted by molar-refractivity contribution is -0.119. The number of hydrogen-bond acceptors (Lipinski definition) is 5. The Morgan fingerprint density at radius 3 is 2.83 bits per heavy atom. The fraction of sp³-hybridized carbons (Fsp3) is 0.318. The minimum Gasteiger partial charge on any atom is -0.376 e. The molecule has 3 aromatic rings. The number of hydrogen-bond donors (Lipinski definition) is 1. The number of amides is 1. The Labute approximate surface area is 173 Å². The van der Waals surface area contributed by atoms with Gasteiger partial charge in [0.25, 0.3) is 0 Å². The van der Waals surface area contributed by atoms with Crippen LogP contribution in [0.1, 0.15) is 18.4 Å². The van der Waals surface area contributed by atoms with E-state index >= 15 is 0 Å². The van der Waals surface area contributed by atoms with Gasteiger partial charge >= 0.3 is 0 Å². The van der Waals surface area contributed by atoms with Gasteiger partial charge in [-0.1, -0.05) is 17.8 Å². The molecule has 1 aliphatic heterocycles. The third-order valence-electron chi connectivity index (χ3n) is 4.81. The molecule has 0 saturated carbocycles. The first-order valence-corrected chi connectivity index (χ1v) is 10.6. The molecule has 7 heteroatoms. The Kier molecular flexibility index (Phi) is 6.06. The fourth-order valence-corrected chi connectivity index (χ4v) is 4.12. The largest absolute Gasteiger partial charge is 0.376 e. The van der Waals surface area contributed by atoms with Gasteiger partial charge in [0.05, 0.1) is 17.4 Å². The van der Waals surface area contributed by atoms with Crippen molar-refractivity contribution in [1.29, 1.82) is 0 Å². The van der Waals surface area contributed by atoms with Gasteiger partial charge in [-0.3, -0.25) is 4.79 Å². The highest BCUT2D eigenvalue weighted by atomic mass is 32.2. The Bertz CT molecular complexity index is 1020. The number of fused-ring (bicyclic) bond motifs is 1. The average Bonchev–Trinajstić information content (AvgIpc) is 3.24. The van der Waals surface area contributed by atoms with E-state index in [1.807, 2.05) is 25.1 Å². The molecule has 1 aliphatic rings. The summed E-state index contributed by atoms with van der Waals surface area (Å²) in [5, 5.41) is 4.57. The molecule has 0 radical (unpaired) electrons. The second kappa shape index (κ2) is 8.88. The van der Waals surface area contributed by atoms with Gasteiger partial charge in [-0.25, -0.2) is 14.4 Å². The molecule has 150 valence electrons. The normalized spacial score (nSPS) is 16.3. The number of aromatic nitrogens is 2. The quantitative estimate of drug-likeness (QED) is 0.488. The number of carbonyl (C=O) groups excluding carboxylic acids is 1. The molecule has 0 aliphatic carbocycles. The summed E-state index contributed by atoms with van der Waals surface area (Å²) in [5.41, 5.74) is 2.63. The minimum absolute atomic E-state index is 0.0484. The lowest BCUT2D eigenvalue weighted by atomic mass is 10.1. The highest BCUT2D eigenvalue weighted by molar-refractivity contribution is 8.00. The van der Waals surface area contributed by atoms with Gasteiger partial charge in [0.15, 0.2) is 5.82 Å².